The fourth-order valence-electron chi connectivity index (χ4n) is 3.36. The van der Waals surface area contributed by atoms with Crippen molar-refractivity contribution < 1.29 is 4.79 Å². The zero-order valence-electron chi connectivity index (χ0n) is 14.4. The molecule has 7 heteroatoms. The van der Waals surface area contributed by atoms with Gasteiger partial charge < -0.3 is 10.2 Å². The van der Waals surface area contributed by atoms with E-state index in [0.29, 0.717) is 6.04 Å². The molecule has 134 valence electrons. The molecule has 5 nitrogen and oxygen atoms in total. The highest BCUT2D eigenvalue weighted by molar-refractivity contribution is 7.17. The summed E-state index contributed by atoms with van der Waals surface area (Å²) >= 11 is 7.64. The van der Waals surface area contributed by atoms with Crippen LogP contribution in [-0.2, 0) is 4.79 Å². The van der Waals surface area contributed by atoms with Gasteiger partial charge in [0.05, 0.1) is 5.39 Å². The van der Waals surface area contributed by atoms with Crippen molar-refractivity contribution in [3.05, 3.63) is 41.0 Å². The van der Waals surface area contributed by atoms with Gasteiger partial charge in [-0.1, -0.05) is 23.7 Å². The number of thiophene rings is 1. The zero-order valence-corrected chi connectivity index (χ0v) is 16.0. The number of nitrogens with one attached hydrogen (secondary N) is 1. The van der Waals surface area contributed by atoms with Crippen LogP contribution in [0.25, 0.3) is 21.3 Å². The van der Waals surface area contributed by atoms with Gasteiger partial charge in [-0.3, -0.25) is 4.79 Å². The fourth-order valence-corrected chi connectivity index (χ4v) is 4.40. The van der Waals surface area contributed by atoms with Crippen LogP contribution in [0.5, 0.6) is 0 Å². The molecule has 1 N–H and O–H groups in total. The van der Waals surface area contributed by atoms with Crippen LogP contribution < -0.4 is 5.32 Å². The van der Waals surface area contributed by atoms with Crippen molar-refractivity contribution in [3.8, 4) is 11.1 Å². The molecule has 3 heterocycles. The van der Waals surface area contributed by atoms with Gasteiger partial charge in [-0.15, -0.1) is 11.3 Å². The van der Waals surface area contributed by atoms with E-state index in [1.807, 2.05) is 29.2 Å². The molecule has 1 saturated heterocycles. The van der Waals surface area contributed by atoms with Gasteiger partial charge in [0.1, 0.15) is 17.0 Å². The Balaban J connectivity index is 1.63. The molecule has 0 bridgehead atoms. The number of hydrogen-bond acceptors (Lipinski definition) is 5. The third kappa shape index (κ3) is 3.39. The van der Waals surface area contributed by atoms with Gasteiger partial charge in [-0.05, 0) is 30.5 Å². The van der Waals surface area contributed by atoms with E-state index in [1.165, 1.54) is 0 Å². The first kappa shape index (κ1) is 17.2. The van der Waals surface area contributed by atoms with Gasteiger partial charge in [0.25, 0.3) is 0 Å². The topological polar surface area (TPSA) is 58.1 Å². The molecule has 1 amide bonds. The van der Waals surface area contributed by atoms with Crippen LogP contribution in [0.3, 0.4) is 0 Å². The van der Waals surface area contributed by atoms with Crippen LogP contribution in [0.2, 0.25) is 5.02 Å². The SMILES string of the molecule is CC(=O)N1CCC(Nc2ncnc3scc(-c4ccc(Cl)cc4)c23)CC1. The number of likely N-dealkylation sites (tertiary alicyclic amines) is 1. The van der Waals surface area contributed by atoms with Crippen LogP contribution in [0.4, 0.5) is 5.82 Å². The highest BCUT2D eigenvalue weighted by Crippen LogP contribution is 2.37. The van der Waals surface area contributed by atoms with E-state index in [4.69, 9.17) is 11.6 Å². The van der Waals surface area contributed by atoms with E-state index in [0.717, 1.165) is 58.1 Å². The third-order valence-electron chi connectivity index (χ3n) is 4.81. The maximum atomic E-state index is 11.5. The summed E-state index contributed by atoms with van der Waals surface area (Å²) in [4.78, 5) is 23.3. The molecule has 0 aliphatic carbocycles. The van der Waals surface area contributed by atoms with Gasteiger partial charge in [0.15, 0.2) is 0 Å². The number of hydrogen-bond donors (Lipinski definition) is 1. The van der Waals surface area contributed by atoms with E-state index >= 15 is 0 Å². The Kier molecular flexibility index (Phi) is 4.78. The Hall–Kier alpha value is -2.18. The summed E-state index contributed by atoms with van der Waals surface area (Å²) < 4.78 is 0. The van der Waals surface area contributed by atoms with Gasteiger partial charge in [0, 0.05) is 42.0 Å². The largest absolute Gasteiger partial charge is 0.367 e. The highest BCUT2D eigenvalue weighted by Gasteiger charge is 2.22. The Labute approximate surface area is 161 Å². The fraction of sp³-hybridized carbons (Fsp3) is 0.316. The molecule has 2 aromatic heterocycles. The molecule has 1 aliphatic rings. The van der Waals surface area contributed by atoms with Crippen molar-refractivity contribution in [2.75, 3.05) is 18.4 Å². The minimum absolute atomic E-state index is 0.149. The average Bonchev–Trinajstić information content (AvgIpc) is 3.08. The molecule has 26 heavy (non-hydrogen) atoms. The molecule has 3 aromatic rings. The lowest BCUT2D eigenvalue weighted by Gasteiger charge is -2.32. The first-order valence-electron chi connectivity index (χ1n) is 8.62. The number of amides is 1. The molecule has 0 atom stereocenters. The number of nitrogens with zero attached hydrogens (tertiary/aromatic N) is 3. The number of fused-ring (bicyclic) bond motifs is 1. The molecule has 0 saturated carbocycles. The van der Waals surface area contributed by atoms with Crippen LogP contribution in [-0.4, -0.2) is 39.9 Å². The lowest BCUT2D eigenvalue weighted by Crippen LogP contribution is -2.41. The lowest BCUT2D eigenvalue weighted by atomic mass is 10.0. The predicted octanol–water partition coefficient (Wildman–Crippen LogP) is 4.43. The summed E-state index contributed by atoms with van der Waals surface area (Å²) in [5.41, 5.74) is 2.22. The second-order valence-electron chi connectivity index (χ2n) is 6.48. The Morgan fingerprint density at radius 3 is 2.65 bits per heavy atom. The number of carbonyl (C=O) groups is 1. The number of aromatic nitrogens is 2. The quantitative estimate of drug-likeness (QED) is 0.723. The van der Waals surface area contributed by atoms with Gasteiger partial charge in [0.2, 0.25) is 5.91 Å². The van der Waals surface area contributed by atoms with Crippen molar-refractivity contribution in [2.45, 2.75) is 25.8 Å². The van der Waals surface area contributed by atoms with E-state index in [9.17, 15) is 4.79 Å². The third-order valence-corrected chi connectivity index (χ3v) is 5.94. The molecule has 1 aromatic carbocycles. The number of rotatable bonds is 3. The van der Waals surface area contributed by atoms with Crippen molar-refractivity contribution in [1.29, 1.82) is 0 Å². The number of piperidine rings is 1. The predicted molar refractivity (Wildman–Crippen MR) is 107 cm³/mol. The second kappa shape index (κ2) is 7.21. The summed E-state index contributed by atoms with van der Waals surface area (Å²) in [6.45, 7) is 3.20. The molecule has 0 spiro atoms. The molecule has 4 rings (SSSR count). The normalized spacial score (nSPS) is 15.4. The van der Waals surface area contributed by atoms with Gasteiger partial charge >= 0.3 is 0 Å². The van der Waals surface area contributed by atoms with Crippen molar-refractivity contribution in [2.24, 2.45) is 0 Å². The monoisotopic (exact) mass is 386 g/mol. The smallest absolute Gasteiger partial charge is 0.219 e. The maximum Gasteiger partial charge on any atom is 0.219 e. The zero-order chi connectivity index (χ0) is 18.1. The highest BCUT2D eigenvalue weighted by atomic mass is 35.5. The van der Waals surface area contributed by atoms with E-state index in [1.54, 1.807) is 24.6 Å². The maximum absolute atomic E-state index is 11.5. The average molecular weight is 387 g/mol. The standard InChI is InChI=1S/C19H19ClN4OS/c1-12(25)24-8-6-15(7-9-24)23-18-17-16(10-26-19(17)22-11-21-18)13-2-4-14(20)5-3-13/h2-5,10-11,15H,6-9H2,1H3,(H,21,22,23). The Morgan fingerprint density at radius 2 is 1.96 bits per heavy atom. The Bertz CT molecular complexity index is 932. The summed E-state index contributed by atoms with van der Waals surface area (Å²) in [5, 5.41) is 7.47. The summed E-state index contributed by atoms with van der Waals surface area (Å²) in [7, 11) is 0. The van der Waals surface area contributed by atoms with Crippen molar-refractivity contribution >= 4 is 44.9 Å². The Morgan fingerprint density at radius 1 is 1.23 bits per heavy atom. The molecule has 1 fully saturated rings. The minimum Gasteiger partial charge on any atom is -0.367 e. The summed E-state index contributed by atoms with van der Waals surface area (Å²) in [6.07, 6.45) is 3.45. The van der Waals surface area contributed by atoms with E-state index in [2.05, 4.69) is 20.7 Å². The van der Waals surface area contributed by atoms with Crippen LogP contribution in [0.15, 0.2) is 36.0 Å². The molecular formula is C19H19ClN4OS. The lowest BCUT2D eigenvalue weighted by molar-refractivity contribution is -0.129. The summed E-state index contributed by atoms with van der Waals surface area (Å²) in [5.74, 6) is 1.01. The first-order chi connectivity index (χ1) is 12.6. The second-order valence-corrected chi connectivity index (χ2v) is 7.78. The van der Waals surface area contributed by atoms with Crippen molar-refractivity contribution in [3.63, 3.8) is 0 Å². The van der Waals surface area contributed by atoms with E-state index in [-0.39, 0.29) is 5.91 Å². The minimum atomic E-state index is 0.149. The first-order valence-corrected chi connectivity index (χ1v) is 9.88. The summed E-state index contributed by atoms with van der Waals surface area (Å²) in [6, 6.07) is 8.14. The van der Waals surface area contributed by atoms with Crippen LogP contribution in [0, 0.1) is 0 Å². The van der Waals surface area contributed by atoms with Crippen LogP contribution >= 0.6 is 22.9 Å². The molecule has 0 unspecified atom stereocenters. The van der Waals surface area contributed by atoms with Crippen LogP contribution in [0.1, 0.15) is 19.8 Å². The number of benzene rings is 1. The number of halogens is 1. The number of anilines is 1. The number of carbonyl (C=O) groups excluding carboxylic acids is 1. The molecular weight excluding hydrogens is 368 g/mol. The molecule has 1 aliphatic heterocycles. The van der Waals surface area contributed by atoms with E-state index < -0.39 is 0 Å². The van der Waals surface area contributed by atoms with Gasteiger partial charge in [-0.2, -0.15) is 0 Å². The van der Waals surface area contributed by atoms with Crippen molar-refractivity contribution in [1.82, 2.24) is 14.9 Å². The van der Waals surface area contributed by atoms with Gasteiger partial charge in [-0.25, -0.2) is 9.97 Å². The molecule has 0 radical (unpaired) electrons.